The van der Waals surface area contributed by atoms with Crippen LogP contribution >= 0.6 is 0 Å². The first-order valence-corrected chi connectivity index (χ1v) is 10.6. The second kappa shape index (κ2) is 11.0. The predicted octanol–water partition coefficient (Wildman–Crippen LogP) is 5.15. The van der Waals surface area contributed by atoms with Gasteiger partial charge in [0.25, 0.3) is 5.91 Å². The standard InChI is InChI=1S/C24H35NO3/c1-5-20(25-24(27)19-10-7-6-8-11-19)12-9-13-23(26)28-22-16-18(4)14-15-21(22)17(2)3/h5-8,10-11,17-18,20-22H,1,9,12-16H2,2-4H3,(H,25,27)/t18-,20+,21+,22-/m1/s1. The molecule has 0 radical (unpaired) electrons. The second-order valence-corrected chi connectivity index (χ2v) is 8.43. The molecular formula is C24H35NO3. The highest BCUT2D eigenvalue weighted by Crippen LogP contribution is 2.35. The van der Waals surface area contributed by atoms with Crippen molar-refractivity contribution in [2.45, 2.75) is 71.4 Å². The summed E-state index contributed by atoms with van der Waals surface area (Å²) < 4.78 is 5.85. The lowest BCUT2D eigenvalue weighted by atomic mass is 9.75. The average Bonchev–Trinajstić information content (AvgIpc) is 2.67. The van der Waals surface area contributed by atoms with Crippen molar-refractivity contribution in [2.75, 3.05) is 0 Å². The number of esters is 1. The van der Waals surface area contributed by atoms with E-state index in [0.29, 0.717) is 42.6 Å². The molecule has 0 aromatic heterocycles. The Labute approximate surface area is 169 Å². The molecule has 0 saturated heterocycles. The minimum atomic E-state index is -0.154. The highest BCUT2D eigenvalue weighted by Gasteiger charge is 2.33. The molecule has 0 unspecified atom stereocenters. The summed E-state index contributed by atoms with van der Waals surface area (Å²) in [4.78, 5) is 24.6. The van der Waals surface area contributed by atoms with E-state index in [1.54, 1.807) is 18.2 Å². The summed E-state index contributed by atoms with van der Waals surface area (Å²) in [6.45, 7) is 10.5. The Kier molecular flexibility index (Phi) is 8.75. The molecule has 4 heteroatoms. The Morgan fingerprint density at radius 1 is 1.25 bits per heavy atom. The number of benzene rings is 1. The highest BCUT2D eigenvalue weighted by atomic mass is 16.5. The van der Waals surface area contributed by atoms with E-state index in [1.807, 2.05) is 18.2 Å². The smallest absolute Gasteiger partial charge is 0.306 e. The molecule has 1 aromatic rings. The van der Waals surface area contributed by atoms with Crippen LogP contribution < -0.4 is 5.32 Å². The van der Waals surface area contributed by atoms with Crippen LogP contribution in [-0.2, 0) is 9.53 Å². The van der Waals surface area contributed by atoms with Crippen LogP contribution in [0.1, 0.15) is 69.7 Å². The molecule has 28 heavy (non-hydrogen) atoms. The van der Waals surface area contributed by atoms with Crippen LogP contribution in [0.4, 0.5) is 0 Å². The average molecular weight is 386 g/mol. The lowest BCUT2D eigenvalue weighted by Crippen LogP contribution is -2.36. The molecule has 4 atom stereocenters. The zero-order valence-corrected chi connectivity index (χ0v) is 17.5. The van der Waals surface area contributed by atoms with Gasteiger partial charge < -0.3 is 10.1 Å². The van der Waals surface area contributed by atoms with Crippen molar-refractivity contribution < 1.29 is 14.3 Å². The number of hydrogen-bond donors (Lipinski definition) is 1. The first-order chi connectivity index (χ1) is 13.4. The van der Waals surface area contributed by atoms with Crippen molar-refractivity contribution in [1.82, 2.24) is 5.32 Å². The number of nitrogens with one attached hydrogen (secondary N) is 1. The second-order valence-electron chi connectivity index (χ2n) is 8.43. The van der Waals surface area contributed by atoms with Gasteiger partial charge in [-0.1, -0.05) is 51.5 Å². The number of carbonyl (C=O) groups excluding carboxylic acids is 2. The van der Waals surface area contributed by atoms with E-state index < -0.39 is 0 Å². The lowest BCUT2D eigenvalue weighted by molar-refractivity contribution is -0.156. The number of carbonyl (C=O) groups is 2. The minimum Gasteiger partial charge on any atom is -0.462 e. The van der Waals surface area contributed by atoms with Crippen LogP contribution in [-0.4, -0.2) is 24.0 Å². The molecule has 154 valence electrons. The molecule has 1 amide bonds. The molecule has 1 aliphatic rings. The van der Waals surface area contributed by atoms with Crippen LogP contribution in [0.25, 0.3) is 0 Å². The maximum atomic E-state index is 12.4. The van der Waals surface area contributed by atoms with E-state index in [9.17, 15) is 9.59 Å². The largest absolute Gasteiger partial charge is 0.462 e. The van der Waals surface area contributed by atoms with Crippen molar-refractivity contribution in [3.05, 3.63) is 48.6 Å². The van der Waals surface area contributed by atoms with Gasteiger partial charge in [0.15, 0.2) is 0 Å². The predicted molar refractivity (Wildman–Crippen MR) is 113 cm³/mol. The van der Waals surface area contributed by atoms with Gasteiger partial charge in [-0.25, -0.2) is 0 Å². The van der Waals surface area contributed by atoms with Gasteiger partial charge in [-0.15, -0.1) is 6.58 Å². The zero-order valence-electron chi connectivity index (χ0n) is 17.5. The Balaban J connectivity index is 1.76. The van der Waals surface area contributed by atoms with E-state index in [2.05, 4.69) is 32.7 Å². The molecule has 1 aromatic carbocycles. The molecule has 1 aliphatic carbocycles. The normalized spacial score (nSPS) is 23.1. The first kappa shape index (κ1) is 22.2. The van der Waals surface area contributed by atoms with E-state index in [-0.39, 0.29) is 24.0 Å². The SMILES string of the molecule is C=C[C@@H](CCCC(=O)O[C@@H]1C[C@H](C)CC[C@H]1C(C)C)NC(=O)c1ccccc1. The van der Waals surface area contributed by atoms with Crippen molar-refractivity contribution in [2.24, 2.45) is 17.8 Å². The first-order valence-electron chi connectivity index (χ1n) is 10.6. The zero-order chi connectivity index (χ0) is 20.5. The molecule has 2 rings (SSSR count). The summed E-state index contributed by atoms with van der Waals surface area (Å²) in [5, 5.41) is 2.96. The van der Waals surface area contributed by atoms with Crippen LogP contribution in [0.15, 0.2) is 43.0 Å². The van der Waals surface area contributed by atoms with Crippen molar-refractivity contribution in [3.8, 4) is 0 Å². The third-order valence-electron chi connectivity index (χ3n) is 5.78. The molecule has 4 nitrogen and oxygen atoms in total. The summed E-state index contributed by atoms with van der Waals surface area (Å²) in [6, 6.07) is 8.96. The Hall–Kier alpha value is -2.10. The van der Waals surface area contributed by atoms with E-state index in [1.165, 1.54) is 6.42 Å². The third kappa shape index (κ3) is 6.81. The van der Waals surface area contributed by atoms with E-state index >= 15 is 0 Å². The molecule has 1 N–H and O–H groups in total. The van der Waals surface area contributed by atoms with Gasteiger partial charge in [-0.05, 0) is 55.6 Å². The molecule has 1 fully saturated rings. The molecule has 0 aliphatic heterocycles. The molecule has 1 saturated carbocycles. The van der Waals surface area contributed by atoms with Gasteiger partial charge in [-0.3, -0.25) is 9.59 Å². The van der Waals surface area contributed by atoms with E-state index in [0.717, 1.165) is 12.8 Å². The summed E-state index contributed by atoms with van der Waals surface area (Å²) in [6.07, 6.45) is 6.82. The lowest BCUT2D eigenvalue weighted by Gasteiger charge is -2.36. The van der Waals surface area contributed by atoms with Crippen LogP contribution in [0, 0.1) is 17.8 Å². The Morgan fingerprint density at radius 3 is 2.61 bits per heavy atom. The van der Waals surface area contributed by atoms with Gasteiger partial charge in [-0.2, -0.15) is 0 Å². The number of hydrogen-bond acceptors (Lipinski definition) is 3. The summed E-state index contributed by atoms with van der Waals surface area (Å²) in [7, 11) is 0. The fourth-order valence-corrected chi connectivity index (χ4v) is 4.03. The van der Waals surface area contributed by atoms with Crippen molar-refractivity contribution in [3.63, 3.8) is 0 Å². The van der Waals surface area contributed by atoms with Gasteiger partial charge in [0.05, 0.1) is 0 Å². The summed E-state index contributed by atoms with van der Waals surface area (Å²) in [5.41, 5.74) is 0.625. The number of ether oxygens (including phenoxy) is 1. The van der Waals surface area contributed by atoms with Gasteiger partial charge in [0.1, 0.15) is 6.10 Å². The maximum Gasteiger partial charge on any atom is 0.306 e. The minimum absolute atomic E-state index is 0.0456. The molecule has 0 heterocycles. The third-order valence-corrected chi connectivity index (χ3v) is 5.78. The Bertz CT molecular complexity index is 641. The van der Waals surface area contributed by atoms with Gasteiger partial charge in [0, 0.05) is 18.0 Å². The van der Waals surface area contributed by atoms with Crippen LogP contribution in [0.3, 0.4) is 0 Å². The summed E-state index contributed by atoms with van der Waals surface area (Å²) >= 11 is 0. The fraction of sp³-hybridized carbons (Fsp3) is 0.583. The fourth-order valence-electron chi connectivity index (χ4n) is 4.03. The van der Waals surface area contributed by atoms with Crippen molar-refractivity contribution in [1.29, 1.82) is 0 Å². The van der Waals surface area contributed by atoms with Gasteiger partial charge >= 0.3 is 5.97 Å². The Morgan fingerprint density at radius 2 is 1.96 bits per heavy atom. The van der Waals surface area contributed by atoms with Crippen LogP contribution in [0.5, 0.6) is 0 Å². The van der Waals surface area contributed by atoms with Crippen molar-refractivity contribution >= 4 is 11.9 Å². The number of rotatable bonds is 9. The monoisotopic (exact) mass is 385 g/mol. The van der Waals surface area contributed by atoms with Crippen LogP contribution in [0.2, 0.25) is 0 Å². The highest BCUT2D eigenvalue weighted by molar-refractivity contribution is 5.94. The topological polar surface area (TPSA) is 55.4 Å². The van der Waals surface area contributed by atoms with Gasteiger partial charge in [0.2, 0.25) is 0 Å². The molecule has 0 bridgehead atoms. The molecular weight excluding hydrogens is 350 g/mol. The maximum absolute atomic E-state index is 12.4. The quantitative estimate of drug-likeness (QED) is 0.473. The molecule has 0 spiro atoms. The van der Waals surface area contributed by atoms with E-state index in [4.69, 9.17) is 4.74 Å². The number of amides is 1. The summed E-state index contributed by atoms with van der Waals surface area (Å²) in [5.74, 6) is 1.37.